The molecular formula is C20H31N5O5. The van der Waals surface area contributed by atoms with E-state index in [1.807, 2.05) is 0 Å². The standard InChI is InChI=1S/C20H31N5O5/c1-14(26)10-12-25(3)20(29)30-13-15-6-8-16(9-7-15)24-18(27)17(22-2)5-4-11-23-19(21)28/h6-9,17,22H,4-5,10-13H2,1-3H3,(H,24,27)(H3,21,23,28)/t17-/m0/s1. The summed E-state index contributed by atoms with van der Waals surface area (Å²) in [5, 5.41) is 8.25. The molecule has 0 heterocycles. The molecule has 1 rings (SSSR count). The van der Waals surface area contributed by atoms with Crippen molar-refractivity contribution < 1.29 is 23.9 Å². The van der Waals surface area contributed by atoms with Crippen LogP contribution in [-0.2, 0) is 20.9 Å². The molecule has 0 spiro atoms. The van der Waals surface area contributed by atoms with Crippen molar-refractivity contribution in [2.75, 3.05) is 32.5 Å². The molecule has 0 saturated heterocycles. The van der Waals surface area contributed by atoms with E-state index in [4.69, 9.17) is 10.5 Å². The number of ether oxygens (including phenoxy) is 1. The van der Waals surface area contributed by atoms with Gasteiger partial charge in [0.25, 0.3) is 0 Å². The third-order valence-electron chi connectivity index (χ3n) is 4.33. The van der Waals surface area contributed by atoms with Crippen LogP contribution in [-0.4, -0.2) is 61.9 Å². The van der Waals surface area contributed by atoms with E-state index in [-0.39, 0.29) is 24.7 Å². The molecule has 4 amide bonds. The van der Waals surface area contributed by atoms with Crippen molar-refractivity contribution >= 4 is 29.5 Å². The van der Waals surface area contributed by atoms with E-state index in [1.165, 1.54) is 11.8 Å². The van der Waals surface area contributed by atoms with Crippen LogP contribution in [0.1, 0.15) is 31.7 Å². The number of Topliss-reactive ketones (excluding diaryl/α,β-unsaturated/α-hetero) is 1. The number of carbonyl (C=O) groups is 4. The Labute approximate surface area is 176 Å². The van der Waals surface area contributed by atoms with Crippen LogP contribution >= 0.6 is 0 Å². The highest BCUT2D eigenvalue weighted by molar-refractivity contribution is 5.94. The van der Waals surface area contributed by atoms with Crippen LogP contribution in [0.4, 0.5) is 15.3 Å². The van der Waals surface area contributed by atoms with Gasteiger partial charge in [0.05, 0.1) is 6.04 Å². The summed E-state index contributed by atoms with van der Waals surface area (Å²) in [7, 11) is 3.27. The third-order valence-corrected chi connectivity index (χ3v) is 4.33. The van der Waals surface area contributed by atoms with E-state index < -0.39 is 18.2 Å². The minimum absolute atomic E-state index is 0.00938. The number of ketones is 1. The summed E-state index contributed by atoms with van der Waals surface area (Å²) in [5.74, 6) is -0.182. The largest absolute Gasteiger partial charge is 0.445 e. The number of primary amides is 1. The molecule has 0 radical (unpaired) electrons. The van der Waals surface area contributed by atoms with Gasteiger partial charge in [-0.2, -0.15) is 0 Å². The van der Waals surface area contributed by atoms with Gasteiger partial charge in [0, 0.05) is 32.2 Å². The summed E-state index contributed by atoms with van der Waals surface area (Å²) >= 11 is 0. The van der Waals surface area contributed by atoms with Crippen LogP contribution in [0.5, 0.6) is 0 Å². The Bertz CT molecular complexity index is 723. The number of hydrogen-bond acceptors (Lipinski definition) is 6. The van der Waals surface area contributed by atoms with Crippen LogP contribution in [0.3, 0.4) is 0 Å². The number of anilines is 1. The molecule has 10 nitrogen and oxygen atoms in total. The Morgan fingerprint density at radius 2 is 1.83 bits per heavy atom. The third kappa shape index (κ3) is 9.87. The number of nitrogens with zero attached hydrogens (tertiary/aromatic N) is 1. The molecular weight excluding hydrogens is 390 g/mol. The fraction of sp³-hybridized carbons (Fsp3) is 0.500. The first-order chi connectivity index (χ1) is 14.2. The van der Waals surface area contributed by atoms with Gasteiger partial charge in [-0.3, -0.25) is 9.59 Å². The second-order valence-electron chi connectivity index (χ2n) is 6.89. The highest BCUT2D eigenvalue weighted by atomic mass is 16.6. The van der Waals surface area contributed by atoms with Crippen molar-refractivity contribution in [3.8, 4) is 0 Å². The Hall–Kier alpha value is -3.14. The summed E-state index contributed by atoms with van der Waals surface area (Å²) in [5.41, 5.74) is 6.39. The maximum Gasteiger partial charge on any atom is 0.409 e. The number of likely N-dealkylation sites (N-methyl/N-ethyl adjacent to an activating group) is 1. The van der Waals surface area contributed by atoms with Crippen molar-refractivity contribution in [3.63, 3.8) is 0 Å². The first-order valence-electron chi connectivity index (χ1n) is 9.70. The Balaban J connectivity index is 2.45. The smallest absolute Gasteiger partial charge is 0.409 e. The molecule has 0 unspecified atom stereocenters. The number of amides is 4. The van der Waals surface area contributed by atoms with Gasteiger partial charge in [-0.05, 0) is 44.5 Å². The predicted octanol–water partition coefficient (Wildman–Crippen LogP) is 1.21. The minimum Gasteiger partial charge on any atom is -0.445 e. The van der Waals surface area contributed by atoms with Crippen LogP contribution < -0.4 is 21.7 Å². The summed E-state index contributed by atoms with van der Waals surface area (Å²) in [6.45, 7) is 2.27. The number of benzene rings is 1. The summed E-state index contributed by atoms with van der Waals surface area (Å²) in [6.07, 6.45) is 0.923. The first-order valence-corrected chi connectivity index (χ1v) is 9.70. The Morgan fingerprint density at radius 1 is 1.17 bits per heavy atom. The average molecular weight is 421 g/mol. The predicted molar refractivity (Wildman–Crippen MR) is 113 cm³/mol. The van der Waals surface area contributed by atoms with E-state index in [9.17, 15) is 19.2 Å². The highest BCUT2D eigenvalue weighted by Crippen LogP contribution is 2.12. The molecule has 0 aliphatic rings. The lowest BCUT2D eigenvalue weighted by atomic mass is 10.1. The molecule has 1 atom stereocenters. The van der Waals surface area contributed by atoms with Gasteiger partial charge in [-0.1, -0.05) is 12.1 Å². The fourth-order valence-electron chi connectivity index (χ4n) is 2.51. The van der Waals surface area contributed by atoms with Gasteiger partial charge in [-0.25, -0.2) is 9.59 Å². The summed E-state index contributed by atoms with van der Waals surface area (Å²) < 4.78 is 5.21. The van der Waals surface area contributed by atoms with Crippen LogP contribution in [0.25, 0.3) is 0 Å². The second kappa shape index (κ2) is 13.2. The topological polar surface area (TPSA) is 143 Å². The molecule has 0 bridgehead atoms. The number of hydrogen-bond donors (Lipinski definition) is 4. The minimum atomic E-state index is -0.589. The lowest BCUT2D eigenvalue weighted by molar-refractivity contribution is -0.118. The molecule has 1 aromatic rings. The number of rotatable bonds is 12. The SMILES string of the molecule is CN[C@@H](CCCNC(N)=O)C(=O)Nc1ccc(COC(=O)N(C)CCC(C)=O)cc1. The van der Waals surface area contributed by atoms with Crippen LogP contribution in [0.15, 0.2) is 24.3 Å². The van der Waals surface area contributed by atoms with Gasteiger partial charge in [-0.15, -0.1) is 0 Å². The van der Waals surface area contributed by atoms with E-state index in [1.54, 1.807) is 38.4 Å². The lowest BCUT2D eigenvalue weighted by Crippen LogP contribution is -2.39. The first kappa shape index (κ1) is 24.9. The molecule has 0 aliphatic carbocycles. The van der Waals surface area contributed by atoms with Gasteiger partial charge in [0.2, 0.25) is 5.91 Å². The second-order valence-corrected chi connectivity index (χ2v) is 6.89. The highest BCUT2D eigenvalue weighted by Gasteiger charge is 2.16. The molecule has 0 aliphatic heterocycles. The fourth-order valence-corrected chi connectivity index (χ4v) is 2.51. The zero-order valence-corrected chi connectivity index (χ0v) is 17.7. The maximum atomic E-state index is 12.4. The zero-order valence-electron chi connectivity index (χ0n) is 17.7. The normalized spacial score (nSPS) is 11.3. The number of urea groups is 1. The van der Waals surface area contributed by atoms with Crippen molar-refractivity contribution in [2.24, 2.45) is 5.73 Å². The van der Waals surface area contributed by atoms with Gasteiger partial charge in [0.1, 0.15) is 12.4 Å². The molecule has 10 heteroatoms. The zero-order chi connectivity index (χ0) is 22.5. The van der Waals surface area contributed by atoms with Gasteiger partial charge < -0.3 is 31.3 Å². The van der Waals surface area contributed by atoms with Crippen molar-refractivity contribution in [2.45, 2.75) is 38.8 Å². The van der Waals surface area contributed by atoms with Crippen molar-refractivity contribution in [3.05, 3.63) is 29.8 Å². The van der Waals surface area contributed by atoms with E-state index in [0.29, 0.717) is 31.6 Å². The maximum absolute atomic E-state index is 12.4. The van der Waals surface area contributed by atoms with E-state index in [0.717, 1.165) is 5.56 Å². The lowest BCUT2D eigenvalue weighted by Gasteiger charge is -2.17. The van der Waals surface area contributed by atoms with E-state index >= 15 is 0 Å². The number of nitrogens with one attached hydrogen (secondary N) is 3. The van der Waals surface area contributed by atoms with Crippen LogP contribution in [0, 0.1) is 0 Å². The number of carbonyl (C=O) groups excluding carboxylic acids is 4. The summed E-state index contributed by atoms with van der Waals surface area (Å²) in [4.78, 5) is 47.3. The Morgan fingerprint density at radius 3 is 2.40 bits per heavy atom. The van der Waals surface area contributed by atoms with Gasteiger partial charge in [0.15, 0.2) is 0 Å². The molecule has 0 saturated carbocycles. The van der Waals surface area contributed by atoms with Crippen molar-refractivity contribution in [1.82, 2.24) is 15.5 Å². The monoisotopic (exact) mass is 421 g/mol. The van der Waals surface area contributed by atoms with E-state index in [2.05, 4.69) is 16.0 Å². The molecule has 0 aromatic heterocycles. The number of nitrogens with two attached hydrogens (primary N) is 1. The average Bonchev–Trinajstić information content (AvgIpc) is 2.70. The molecule has 166 valence electrons. The van der Waals surface area contributed by atoms with Crippen molar-refractivity contribution in [1.29, 1.82) is 0 Å². The van der Waals surface area contributed by atoms with Gasteiger partial charge >= 0.3 is 12.1 Å². The summed E-state index contributed by atoms with van der Waals surface area (Å²) in [6, 6.07) is 5.96. The van der Waals surface area contributed by atoms with Crippen LogP contribution in [0.2, 0.25) is 0 Å². The molecule has 1 aromatic carbocycles. The molecule has 5 N–H and O–H groups in total. The Kier molecular flexibility index (Phi) is 10.9. The molecule has 0 fully saturated rings. The molecule has 30 heavy (non-hydrogen) atoms. The quantitative estimate of drug-likeness (QED) is 0.374.